The molecule has 0 N–H and O–H groups in total. The van der Waals surface area contributed by atoms with Crippen LogP contribution in [0.25, 0.3) is 0 Å². The SMILES string of the molecule is FC1(F)COCCO1.[Na]. The minimum Gasteiger partial charge on any atom is -0.370 e. The predicted octanol–water partition coefficient (Wildman–Crippen LogP) is 0.245. The molecule has 5 heteroatoms. The topological polar surface area (TPSA) is 18.5 Å². The summed E-state index contributed by atoms with van der Waals surface area (Å²) in [5, 5.41) is 0. The molecule has 0 aromatic rings. The molecule has 0 spiro atoms. The summed E-state index contributed by atoms with van der Waals surface area (Å²) in [7, 11) is 0. The first kappa shape index (κ1) is 9.78. The van der Waals surface area contributed by atoms with Crippen LogP contribution in [0.4, 0.5) is 8.78 Å². The largest absolute Gasteiger partial charge is 0.379 e. The number of halogens is 2. The average Bonchev–Trinajstić information content (AvgIpc) is 1.65. The molecule has 0 atom stereocenters. The van der Waals surface area contributed by atoms with Gasteiger partial charge in [0.2, 0.25) is 0 Å². The molecule has 9 heavy (non-hydrogen) atoms. The Morgan fingerprint density at radius 3 is 2.11 bits per heavy atom. The Labute approximate surface area is 73.8 Å². The molecule has 49 valence electrons. The molecular weight excluding hydrogens is 141 g/mol. The summed E-state index contributed by atoms with van der Waals surface area (Å²) in [4.78, 5) is 0. The first-order valence-corrected chi connectivity index (χ1v) is 2.30. The van der Waals surface area contributed by atoms with Crippen molar-refractivity contribution >= 4 is 29.6 Å². The quantitative estimate of drug-likeness (QED) is 0.457. The molecular formula is C4H6F2NaO2. The predicted molar refractivity (Wildman–Crippen MR) is 27.5 cm³/mol. The molecule has 1 radical (unpaired) electrons. The van der Waals surface area contributed by atoms with E-state index in [1.807, 2.05) is 0 Å². The van der Waals surface area contributed by atoms with E-state index in [-0.39, 0.29) is 42.8 Å². The molecule has 0 aliphatic carbocycles. The van der Waals surface area contributed by atoms with Crippen molar-refractivity contribution in [3.63, 3.8) is 0 Å². The van der Waals surface area contributed by atoms with Crippen molar-refractivity contribution in [2.24, 2.45) is 0 Å². The van der Waals surface area contributed by atoms with E-state index in [1.54, 1.807) is 0 Å². The molecule has 1 aliphatic heterocycles. The van der Waals surface area contributed by atoms with E-state index in [1.165, 1.54) is 0 Å². The molecule has 1 aliphatic rings. The van der Waals surface area contributed by atoms with Crippen molar-refractivity contribution in [1.82, 2.24) is 0 Å². The monoisotopic (exact) mass is 147 g/mol. The second-order valence-corrected chi connectivity index (χ2v) is 1.54. The zero-order valence-corrected chi connectivity index (χ0v) is 7.19. The molecule has 1 rings (SSSR count). The van der Waals surface area contributed by atoms with Crippen molar-refractivity contribution in [2.75, 3.05) is 19.8 Å². The van der Waals surface area contributed by atoms with Gasteiger partial charge < -0.3 is 9.47 Å². The van der Waals surface area contributed by atoms with Crippen LogP contribution in [0.3, 0.4) is 0 Å². The Balaban J connectivity index is 0.000000640. The summed E-state index contributed by atoms with van der Waals surface area (Å²) in [6.45, 7) is -0.338. The Kier molecular flexibility index (Phi) is 4.16. The smallest absolute Gasteiger partial charge is 0.370 e. The summed E-state index contributed by atoms with van der Waals surface area (Å²) in [6.07, 6.45) is -3.04. The van der Waals surface area contributed by atoms with Gasteiger partial charge in [-0.25, -0.2) is 0 Å². The first-order chi connectivity index (χ1) is 3.71. The minimum atomic E-state index is -3.04. The molecule has 0 saturated carbocycles. The molecule has 0 bridgehead atoms. The van der Waals surface area contributed by atoms with Gasteiger partial charge in [-0.1, -0.05) is 0 Å². The second kappa shape index (κ2) is 3.83. The van der Waals surface area contributed by atoms with E-state index in [9.17, 15) is 8.78 Å². The van der Waals surface area contributed by atoms with Crippen molar-refractivity contribution in [2.45, 2.75) is 6.11 Å². The molecule has 2 nitrogen and oxygen atoms in total. The van der Waals surface area contributed by atoms with E-state index < -0.39 is 12.7 Å². The van der Waals surface area contributed by atoms with Crippen LogP contribution in [0.2, 0.25) is 0 Å². The van der Waals surface area contributed by atoms with Crippen molar-refractivity contribution in [3.05, 3.63) is 0 Å². The number of ether oxygens (including phenoxy) is 2. The average molecular weight is 147 g/mol. The van der Waals surface area contributed by atoms with Crippen LogP contribution in [0.15, 0.2) is 0 Å². The second-order valence-electron chi connectivity index (χ2n) is 1.54. The van der Waals surface area contributed by atoms with Crippen LogP contribution in [-0.2, 0) is 9.47 Å². The van der Waals surface area contributed by atoms with Gasteiger partial charge in [0.25, 0.3) is 0 Å². The number of hydrogen-bond acceptors (Lipinski definition) is 2. The fourth-order valence-electron chi connectivity index (χ4n) is 0.483. The van der Waals surface area contributed by atoms with E-state index in [2.05, 4.69) is 9.47 Å². The molecule has 0 aromatic carbocycles. The van der Waals surface area contributed by atoms with Crippen LogP contribution < -0.4 is 0 Å². The van der Waals surface area contributed by atoms with Gasteiger partial charge in [0.15, 0.2) is 0 Å². The summed E-state index contributed by atoms with van der Waals surface area (Å²) in [5.74, 6) is 0. The maximum absolute atomic E-state index is 11.9. The van der Waals surface area contributed by atoms with Gasteiger partial charge in [-0.15, -0.1) is 0 Å². The van der Waals surface area contributed by atoms with E-state index in [0.717, 1.165) is 0 Å². The fourth-order valence-corrected chi connectivity index (χ4v) is 0.483. The van der Waals surface area contributed by atoms with Crippen LogP contribution in [0.5, 0.6) is 0 Å². The van der Waals surface area contributed by atoms with Gasteiger partial charge in [-0.3, -0.25) is 0 Å². The van der Waals surface area contributed by atoms with Crippen molar-refractivity contribution < 1.29 is 18.3 Å². The van der Waals surface area contributed by atoms with Crippen molar-refractivity contribution in [1.29, 1.82) is 0 Å². The summed E-state index contributed by atoms with van der Waals surface area (Å²) in [6, 6.07) is 0. The minimum absolute atomic E-state index is 0. The van der Waals surface area contributed by atoms with Gasteiger partial charge >= 0.3 is 6.11 Å². The third kappa shape index (κ3) is 3.47. The number of rotatable bonds is 0. The van der Waals surface area contributed by atoms with E-state index in [4.69, 9.17) is 0 Å². The summed E-state index contributed by atoms with van der Waals surface area (Å²) >= 11 is 0. The third-order valence-electron chi connectivity index (χ3n) is 0.811. The van der Waals surface area contributed by atoms with Crippen LogP contribution in [0.1, 0.15) is 0 Å². The van der Waals surface area contributed by atoms with Crippen LogP contribution in [0, 0.1) is 0 Å². The van der Waals surface area contributed by atoms with Gasteiger partial charge in [0.05, 0.1) is 13.2 Å². The molecule has 0 amide bonds. The molecule has 1 saturated heterocycles. The summed E-state index contributed by atoms with van der Waals surface area (Å²) in [5.41, 5.74) is 0. The zero-order chi connectivity index (χ0) is 6.04. The van der Waals surface area contributed by atoms with Crippen LogP contribution in [-0.4, -0.2) is 55.5 Å². The number of hydrogen-bond donors (Lipinski definition) is 0. The van der Waals surface area contributed by atoms with Gasteiger partial charge in [0, 0.05) is 29.6 Å². The normalized spacial score (nSPS) is 24.7. The summed E-state index contributed by atoms with van der Waals surface area (Å²) < 4.78 is 32.1. The molecule has 1 heterocycles. The molecule has 0 aromatic heterocycles. The Morgan fingerprint density at radius 2 is 1.89 bits per heavy atom. The van der Waals surface area contributed by atoms with Gasteiger partial charge in [-0.2, -0.15) is 8.78 Å². The fraction of sp³-hybridized carbons (Fsp3) is 1.00. The molecule has 0 unspecified atom stereocenters. The van der Waals surface area contributed by atoms with E-state index in [0.29, 0.717) is 0 Å². The Hall–Kier alpha value is 0.780. The van der Waals surface area contributed by atoms with E-state index >= 15 is 0 Å². The zero-order valence-electron chi connectivity index (χ0n) is 5.19. The van der Waals surface area contributed by atoms with Crippen LogP contribution >= 0.6 is 0 Å². The Bertz CT molecular complexity index is 80.6. The third-order valence-corrected chi connectivity index (χ3v) is 0.811. The maximum atomic E-state index is 11.9. The Morgan fingerprint density at radius 1 is 1.22 bits per heavy atom. The maximum Gasteiger partial charge on any atom is 0.379 e. The first-order valence-electron chi connectivity index (χ1n) is 2.30. The van der Waals surface area contributed by atoms with Crippen molar-refractivity contribution in [3.8, 4) is 0 Å². The van der Waals surface area contributed by atoms with Gasteiger partial charge in [-0.05, 0) is 0 Å². The molecule has 1 fully saturated rings. The standard InChI is InChI=1S/C4H6F2O2.Na/c5-4(6)3-7-1-2-8-4;/h1-3H2;. The van der Waals surface area contributed by atoms with Gasteiger partial charge in [0.1, 0.15) is 6.61 Å². The number of alkyl halides is 2.